The molecule has 2 amide bonds. The second-order valence-corrected chi connectivity index (χ2v) is 12.2. The summed E-state index contributed by atoms with van der Waals surface area (Å²) >= 11 is 0. The van der Waals surface area contributed by atoms with Gasteiger partial charge in [0.05, 0.1) is 5.56 Å². The molecule has 1 atom stereocenters. The molecular formula is C36H40N6O2. The van der Waals surface area contributed by atoms with Crippen molar-refractivity contribution < 1.29 is 9.59 Å². The first kappa shape index (κ1) is 29.5. The summed E-state index contributed by atoms with van der Waals surface area (Å²) in [5.74, 6) is -0.125. The fourth-order valence-electron chi connectivity index (χ4n) is 6.24. The van der Waals surface area contributed by atoms with E-state index in [-0.39, 0.29) is 29.2 Å². The third-order valence-corrected chi connectivity index (χ3v) is 9.05. The average Bonchev–Trinajstić information content (AvgIpc) is 3.54. The van der Waals surface area contributed by atoms with Gasteiger partial charge >= 0.3 is 0 Å². The molecule has 8 nitrogen and oxygen atoms in total. The smallest absolute Gasteiger partial charge is 0.255 e. The van der Waals surface area contributed by atoms with Crippen LogP contribution in [0, 0.1) is 0 Å². The minimum atomic E-state index is -0.278. The fourth-order valence-corrected chi connectivity index (χ4v) is 6.24. The lowest BCUT2D eigenvalue weighted by atomic mass is 9.90. The lowest BCUT2D eigenvalue weighted by Gasteiger charge is -2.41. The highest BCUT2D eigenvalue weighted by Gasteiger charge is 2.30. The van der Waals surface area contributed by atoms with Gasteiger partial charge in [0, 0.05) is 68.2 Å². The zero-order valence-electron chi connectivity index (χ0n) is 25.4. The van der Waals surface area contributed by atoms with Gasteiger partial charge in [-0.1, -0.05) is 66.7 Å². The van der Waals surface area contributed by atoms with Crippen LogP contribution in [-0.4, -0.2) is 71.9 Å². The molecule has 4 aromatic rings. The summed E-state index contributed by atoms with van der Waals surface area (Å²) in [6, 6.07) is 27.9. The number of amides is 2. The quantitative estimate of drug-likeness (QED) is 0.287. The number of carbonyl (C=O) groups is 2. The number of aromatic nitrogens is 1. The summed E-state index contributed by atoms with van der Waals surface area (Å²) in [5.41, 5.74) is 12.3. The van der Waals surface area contributed by atoms with Gasteiger partial charge in [-0.2, -0.15) is 0 Å². The summed E-state index contributed by atoms with van der Waals surface area (Å²) in [4.78, 5) is 35.2. The number of hydrogen-bond acceptors (Lipinski definition) is 6. The van der Waals surface area contributed by atoms with Crippen molar-refractivity contribution in [2.24, 2.45) is 0 Å². The zero-order valence-corrected chi connectivity index (χ0v) is 25.4. The molecule has 0 spiro atoms. The molecule has 226 valence electrons. The van der Waals surface area contributed by atoms with Crippen molar-refractivity contribution in [2.75, 3.05) is 45.0 Å². The van der Waals surface area contributed by atoms with Gasteiger partial charge in [-0.3, -0.25) is 14.5 Å². The molecule has 0 saturated carbocycles. The molecule has 3 aromatic carbocycles. The maximum absolute atomic E-state index is 13.3. The summed E-state index contributed by atoms with van der Waals surface area (Å²) in [7, 11) is 0. The molecule has 2 aliphatic rings. The standard InChI is InChI=1S/C36H40N6O2/c1-36(2,42-20-17-38-18-21-42)30-14-12-27(13-15-30)29-22-32(33(37)39-23-29)34(43)40-31-16-19-41(24-31)35(44)28-10-8-26(9-11-28)25-6-4-3-5-7-25/h3-15,22-23,31,38H,16-21,24H2,1-2H3,(H2,37,39)(H,40,43). The highest BCUT2D eigenvalue weighted by Crippen LogP contribution is 2.31. The maximum atomic E-state index is 13.3. The van der Waals surface area contributed by atoms with Crippen molar-refractivity contribution in [3.8, 4) is 22.3 Å². The Labute approximate surface area is 259 Å². The summed E-state index contributed by atoms with van der Waals surface area (Å²) < 4.78 is 0. The lowest BCUT2D eigenvalue weighted by molar-refractivity contribution is 0.0783. The Morgan fingerprint density at radius 1 is 0.864 bits per heavy atom. The Hall–Kier alpha value is -4.53. The van der Waals surface area contributed by atoms with Crippen LogP contribution in [0.3, 0.4) is 0 Å². The Balaban J connectivity index is 1.09. The summed E-state index contributed by atoms with van der Waals surface area (Å²) in [6.07, 6.45) is 2.39. The van der Waals surface area contributed by atoms with E-state index >= 15 is 0 Å². The van der Waals surface area contributed by atoms with Crippen LogP contribution in [0.4, 0.5) is 5.82 Å². The van der Waals surface area contributed by atoms with Crippen LogP contribution in [0.25, 0.3) is 22.3 Å². The first-order valence-electron chi connectivity index (χ1n) is 15.4. The summed E-state index contributed by atoms with van der Waals surface area (Å²) in [5, 5.41) is 6.51. The maximum Gasteiger partial charge on any atom is 0.255 e. The molecule has 4 N–H and O–H groups in total. The largest absolute Gasteiger partial charge is 0.383 e. The molecular weight excluding hydrogens is 548 g/mol. The monoisotopic (exact) mass is 588 g/mol. The lowest BCUT2D eigenvalue weighted by Crippen LogP contribution is -2.51. The van der Waals surface area contributed by atoms with Crippen LogP contribution in [0.15, 0.2) is 91.1 Å². The Morgan fingerprint density at radius 3 is 2.20 bits per heavy atom. The number of hydrogen-bond donors (Lipinski definition) is 3. The molecule has 0 radical (unpaired) electrons. The van der Waals surface area contributed by atoms with Gasteiger partial charge in [0.2, 0.25) is 0 Å². The van der Waals surface area contributed by atoms with Gasteiger partial charge in [0.15, 0.2) is 0 Å². The van der Waals surface area contributed by atoms with E-state index in [0.717, 1.165) is 48.4 Å². The number of nitrogens with zero attached hydrogens (tertiary/aromatic N) is 3. The molecule has 1 aromatic heterocycles. The highest BCUT2D eigenvalue weighted by atomic mass is 16.2. The molecule has 0 bridgehead atoms. The number of nitrogen functional groups attached to an aromatic ring is 1. The number of likely N-dealkylation sites (tertiary alicyclic amines) is 1. The molecule has 44 heavy (non-hydrogen) atoms. The number of nitrogens with two attached hydrogens (primary N) is 1. The number of pyridine rings is 1. The van der Waals surface area contributed by atoms with Crippen molar-refractivity contribution in [3.63, 3.8) is 0 Å². The van der Waals surface area contributed by atoms with E-state index in [1.54, 1.807) is 17.2 Å². The van der Waals surface area contributed by atoms with E-state index < -0.39 is 0 Å². The van der Waals surface area contributed by atoms with E-state index in [1.165, 1.54) is 5.56 Å². The molecule has 2 fully saturated rings. The SMILES string of the molecule is CC(C)(c1ccc(-c2cnc(N)c(C(=O)NC3CCN(C(=O)c4ccc(-c5ccccc5)cc4)C3)c2)cc1)N1CCNCC1. The van der Waals surface area contributed by atoms with Crippen molar-refractivity contribution in [3.05, 3.63) is 108 Å². The second kappa shape index (κ2) is 12.6. The summed E-state index contributed by atoms with van der Waals surface area (Å²) in [6.45, 7) is 9.59. The van der Waals surface area contributed by atoms with Gasteiger partial charge in [0.1, 0.15) is 5.82 Å². The normalized spacial score (nSPS) is 17.4. The van der Waals surface area contributed by atoms with E-state index in [2.05, 4.69) is 58.6 Å². The zero-order chi connectivity index (χ0) is 30.7. The van der Waals surface area contributed by atoms with Crippen LogP contribution >= 0.6 is 0 Å². The van der Waals surface area contributed by atoms with Crippen molar-refractivity contribution >= 4 is 17.6 Å². The first-order chi connectivity index (χ1) is 21.3. The highest BCUT2D eigenvalue weighted by molar-refractivity contribution is 6.00. The number of rotatable bonds is 7. The molecule has 6 rings (SSSR count). The Kier molecular flexibility index (Phi) is 8.46. The average molecular weight is 589 g/mol. The van der Waals surface area contributed by atoms with Crippen molar-refractivity contribution in [1.29, 1.82) is 0 Å². The van der Waals surface area contributed by atoms with Crippen LogP contribution in [-0.2, 0) is 5.54 Å². The van der Waals surface area contributed by atoms with Gasteiger partial charge < -0.3 is 21.3 Å². The topological polar surface area (TPSA) is 104 Å². The van der Waals surface area contributed by atoms with E-state index in [9.17, 15) is 9.59 Å². The Morgan fingerprint density at radius 2 is 1.50 bits per heavy atom. The number of anilines is 1. The molecule has 0 aliphatic carbocycles. The third kappa shape index (κ3) is 6.23. The predicted octanol–water partition coefficient (Wildman–Crippen LogP) is 4.78. The van der Waals surface area contributed by atoms with Crippen molar-refractivity contribution in [2.45, 2.75) is 31.8 Å². The van der Waals surface area contributed by atoms with E-state index in [1.807, 2.05) is 54.6 Å². The molecule has 2 aliphatic heterocycles. The molecule has 8 heteroatoms. The van der Waals surface area contributed by atoms with Crippen LogP contribution in [0.1, 0.15) is 46.5 Å². The van der Waals surface area contributed by atoms with Gasteiger partial charge in [-0.25, -0.2) is 4.98 Å². The molecule has 1 unspecified atom stereocenters. The number of piperazine rings is 1. The van der Waals surface area contributed by atoms with Crippen LogP contribution in [0.5, 0.6) is 0 Å². The van der Waals surface area contributed by atoms with Gasteiger partial charge in [-0.05, 0) is 60.7 Å². The first-order valence-corrected chi connectivity index (χ1v) is 15.4. The van der Waals surface area contributed by atoms with Gasteiger partial charge in [0.25, 0.3) is 11.8 Å². The predicted molar refractivity (Wildman–Crippen MR) is 175 cm³/mol. The minimum Gasteiger partial charge on any atom is -0.383 e. The minimum absolute atomic E-state index is 0.0342. The number of nitrogens with one attached hydrogen (secondary N) is 2. The number of carbonyl (C=O) groups excluding carboxylic acids is 2. The van der Waals surface area contributed by atoms with E-state index in [4.69, 9.17) is 5.73 Å². The van der Waals surface area contributed by atoms with Crippen molar-refractivity contribution in [1.82, 2.24) is 25.4 Å². The van der Waals surface area contributed by atoms with Gasteiger partial charge in [-0.15, -0.1) is 0 Å². The molecule has 2 saturated heterocycles. The fraction of sp³-hybridized carbons (Fsp3) is 0.306. The van der Waals surface area contributed by atoms with E-state index in [0.29, 0.717) is 30.6 Å². The molecule has 3 heterocycles. The number of benzene rings is 3. The Bertz CT molecular complexity index is 1610. The van der Waals surface area contributed by atoms with Crippen LogP contribution in [0.2, 0.25) is 0 Å². The van der Waals surface area contributed by atoms with Crippen LogP contribution < -0.4 is 16.4 Å². The third-order valence-electron chi connectivity index (χ3n) is 9.05. The second-order valence-electron chi connectivity index (χ2n) is 12.2.